The second-order valence-electron chi connectivity index (χ2n) is 6.31. The maximum absolute atomic E-state index is 12.5. The van der Waals surface area contributed by atoms with Gasteiger partial charge in [-0.15, -0.1) is 0 Å². The summed E-state index contributed by atoms with van der Waals surface area (Å²) in [7, 11) is 1.62. The van der Waals surface area contributed by atoms with Crippen LogP contribution in [-0.2, 0) is 18.4 Å². The van der Waals surface area contributed by atoms with Gasteiger partial charge >= 0.3 is 0 Å². The van der Waals surface area contributed by atoms with Crippen molar-refractivity contribution in [3.8, 4) is 0 Å². The van der Waals surface area contributed by atoms with Crippen molar-refractivity contribution in [3.05, 3.63) is 57.5 Å². The molecule has 1 N–H and O–H groups in total. The van der Waals surface area contributed by atoms with E-state index in [1.165, 1.54) is 4.68 Å². The van der Waals surface area contributed by atoms with Gasteiger partial charge in [0.15, 0.2) is 0 Å². The quantitative estimate of drug-likeness (QED) is 0.905. The average Bonchev–Trinajstić information content (AvgIpc) is 2.63. The molecule has 2 aromatic rings. The Kier molecular flexibility index (Phi) is 5.38. The van der Waals surface area contributed by atoms with E-state index >= 15 is 0 Å². The molecule has 0 unspecified atom stereocenters. The Hall–Kier alpha value is -2.34. The lowest BCUT2D eigenvalue weighted by Crippen LogP contribution is -2.43. The number of nitrogens with one attached hydrogen (secondary N) is 1. The van der Waals surface area contributed by atoms with Gasteiger partial charge in [-0.1, -0.05) is 23.7 Å². The molecule has 1 saturated heterocycles. The minimum atomic E-state index is -0.146. The van der Waals surface area contributed by atoms with Crippen LogP contribution < -0.4 is 15.8 Å². The molecule has 3 rings (SSSR count). The smallest absolute Gasteiger partial charge is 0.268 e. The summed E-state index contributed by atoms with van der Waals surface area (Å²) in [4.78, 5) is 26.3. The van der Waals surface area contributed by atoms with Gasteiger partial charge in [0.1, 0.15) is 0 Å². The number of carbonyl (C=O) groups excluding carboxylic acids is 1. The Morgan fingerprint density at radius 2 is 2.12 bits per heavy atom. The molecule has 2 heterocycles. The number of nitrogens with zero attached hydrogens (tertiary/aromatic N) is 3. The first kappa shape index (κ1) is 17.5. The van der Waals surface area contributed by atoms with Crippen molar-refractivity contribution in [1.82, 2.24) is 15.1 Å². The maximum Gasteiger partial charge on any atom is 0.268 e. The Balaban J connectivity index is 1.60. The summed E-state index contributed by atoms with van der Waals surface area (Å²) >= 11 is 5.87. The SMILES string of the molecule is Cn1ncc(N2CCC[C@H](C(=O)NCc3ccc(Cl)cc3)C2)cc1=O. The Morgan fingerprint density at radius 1 is 1.36 bits per heavy atom. The van der Waals surface area contributed by atoms with Crippen LogP contribution in [0.2, 0.25) is 5.02 Å². The summed E-state index contributed by atoms with van der Waals surface area (Å²) in [5, 5.41) is 7.73. The van der Waals surface area contributed by atoms with Gasteiger partial charge in [0.2, 0.25) is 5.91 Å². The zero-order chi connectivity index (χ0) is 17.8. The van der Waals surface area contributed by atoms with Crippen LogP contribution in [0.4, 0.5) is 5.69 Å². The largest absolute Gasteiger partial charge is 0.369 e. The Bertz CT molecular complexity index is 803. The molecule has 1 aliphatic heterocycles. The van der Waals surface area contributed by atoms with E-state index in [4.69, 9.17) is 11.6 Å². The van der Waals surface area contributed by atoms with Crippen molar-refractivity contribution in [2.75, 3.05) is 18.0 Å². The predicted molar refractivity (Wildman–Crippen MR) is 97.7 cm³/mol. The molecule has 1 aliphatic rings. The van der Waals surface area contributed by atoms with Crippen molar-refractivity contribution >= 4 is 23.2 Å². The molecular formula is C18H21ClN4O2. The number of hydrogen-bond donors (Lipinski definition) is 1. The van der Waals surface area contributed by atoms with Crippen molar-refractivity contribution in [2.24, 2.45) is 13.0 Å². The van der Waals surface area contributed by atoms with Gasteiger partial charge < -0.3 is 10.2 Å². The molecule has 1 aromatic heterocycles. The number of rotatable bonds is 4. The zero-order valence-electron chi connectivity index (χ0n) is 14.1. The number of hydrogen-bond acceptors (Lipinski definition) is 4. The third kappa shape index (κ3) is 4.39. The van der Waals surface area contributed by atoms with E-state index in [9.17, 15) is 9.59 Å². The minimum absolute atomic E-state index is 0.0384. The number of piperidine rings is 1. The van der Waals surface area contributed by atoms with E-state index in [-0.39, 0.29) is 17.4 Å². The average molecular weight is 361 g/mol. The van der Waals surface area contributed by atoms with Crippen LogP contribution in [0.25, 0.3) is 0 Å². The maximum atomic E-state index is 12.5. The second-order valence-corrected chi connectivity index (χ2v) is 6.74. The second kappa shape index (κ2) is 7.70. The molecular weight excluding hydrogens is 340 g/mol. The van der Waals surface area contributed by atoms with E-state index in [2.05, 4.69) is 15.3 Å². The molecule has 6 nitrogen and oxygen atoms in total. The van der Waals surface area contributed by atoms with E-state index in [0.717, 1.165) is 30.6 Å². The van der Waals surface area contributed by atoms with Crippen LogP contribution in [0.3, 0.4) is 0 Å². The number of aryl methyl sites for hydroxylation is 1. The standard InChI is InChI=1S/C18H21ClN4O2/c1-22-17(24)9-16(11-21-22)23-8-2-3-14(12-23)18(25)20-10-13-4-6-15(19)7-5-13/h4-7,9,11,14H,2-3,8,10,12H2,1H3,(H,20,25)/t14-/m0/s1. The lowest BCUT2D eigenvalue weighted by molar-refractivity contribution is -0.125. The predicted octanol–water partition coefficient (Wildman–Crippen LogP) is 1.97. The summed E-state index contributed by atoms with van der Waals surface area (Å²) in [5.41, 5.74) is 1.64. The molecule has 7 heteroatoms. The summed E-state index contributed by atoms with van der Waals surface area (Å²) in [5.74, 6) is -0.0541. The first-order valence-electron chi connectivity index (χ1n) is 8.33. The molecule has 25 heavy (non-hydrogen) atoms. The normalized spacial score (nSPS) is 17.4. The van der Waals surface area contributed by atoms with Gasteiger partial charge in [0.25, 0.3) is 5.56 Å². The van der Waals surface area contributed by atoms with Crippen molar-refractivity contribution in [2.45, 2.75) is 19.4 Å². The fourth-order valence-corrected chi connectivity index (χ4v) is 3.12. The highest BCUT2D eigenvalue weighted by molar-refractivity contribution is 6.30. The molecule has 0 spiro atoms. The van der Waals surface area contributed by atoms with Crippen molar-refractivity contribution < 1.29 is 4.79 Å². The first-order chi connectivity index (χ1) is 12.0. The number of carbonyl (C=O) groups is 1. The summed E-state index contributed by atoms with van der Waals surface area (Å²) < 4.78 is 1.30. The fraction of sp³-hybridized carbons (Fsp3) is 0.389. The zero-order valence-corrected chi connectivity index (χ0v) is 14.9. The molecule has 0 saturated carbocycles. The van der Waals surface area contributed by atoms with E-state index < -0.39 is 0 Å². The van der Waals surface area contributed by atoms with E-state index in [1.54, 1.807) is 19.3 Å². The van der Waals surface area contributed by atoms with Gasteiger partial charge in [-0.05, 0) is 30.5 Å². The van der Waals surface area contributed by atoms with Gasteiger partial charge in [0, 0.05) is 37.8 Å². The lowest BCUT2D eigenvalue weighted by Gasteiger charge is -2.33. The van der Waals surface area contributed by atoms with Gasteiger partial charge in [-0.2, -0.15) is 5.10 Å². The van der Waals surface area contributed by atoms with Gasteiger partial charge in [-0.3, -0.25) is 9.59 Å². The van der Waals surface area contributed by atoms with Crippen molar-refractivity contribution in [3.63, 3.8) is 0 Å². The molecule has 1 amide bonds. The summed E-state index contributed by atoms with van der Waals surface area (Å²) in [6.07, 6.45) is 3.44. The highest BCUT2D eigenvalue weighted by atomic mass is 35.5. The van der Waals surface area contributed by atoms with Crippen LogP contribution in [0.1, 0.15) is 18.4 Å². The van der Waals surface area contributed by atoms with Crippen LogP contribution in [-0.4, -0.2) is 28.8 Å². The number of benzene rings is 1. The molecule has 0 radical (unpaired) electrons. The number of halogens is 1. The molecule has 132 valence electrons. The first-order valence-corrected chi connectivity index (χ1v) is 8.71. The molecule has 1 atom stereocenters. The van der Waals surface area contributed by atoms with Crippen molar-refractivity contribution in [1.29, 1.82) is 0 Å². The summed E-state index contributed by atoms with van der Waals surface area (Å²) in [6, 6.07) is 9.01. The highest BCUT2D eigenvalue weighted by Gasteiger charge is 2.26. The molecule has 1 aromatic carbocycles. The van der Waals surface area contributed by atoms with Crippen LogP contribution in [0.15, 0.2) is 41.3 Å². The molecule has 0 bridgehead atoms. The number of amides is 1. The van der Waals surface area contributed by atoms with Gasteiger partial charge in [-0.25, -0.2) is 4.68 Å². The third-order valence-electron chi connectivity index (χ3n) is 4.49. The fourth-order valence-electron chi connectivity index (χ4n) is 2.99. The Labute approximate surface area is 151 Å². The highest BCUT2D eigenvalue weighted by Crippen LogP contribution is 2.22. The van der Waals surface area contributed by atoms with E-state index in [0.29, 0.717) is 18.1 Å². The summed E-state index contributed by atoms with van der Waals surface area (Å²) in [6.45, 7) is 1.91. The third-order valence-corrected chi connectivity index (χ3v) is 4.74. The van der Waals surface area contributed by atoms with Crippen LogP contribution >= 0.6 is 11.6 Å². The minimum Gasteiger partial charge on any atom is -0.369 e. The molecule has 0 aliphatic carbocycles. The topological polar surface area (TPSA) is 67.2 Å². The molecule has 1 fully saturated rings. The Morgan fingerprint density at radius 3 is 2.84 bits per heavy atom. The van der Waals surface area contributed by atoms with Crippen LogP contribution in [0.5, 0.6) is 0 Å². The lowest BCUT2D eigenvalue weighted by atomic mass is 9.96. The number of aromatic nitrogens is 2. The number of anilines is 1. The monoisotopic (exact) mass is 360 g/mol. The van der Waals surface area contributed by atoms with Gasteiger partial charge in [0.05, 0.1) is 17.8 Å². The van der Waals surface area contributed by atoms with E-state index in [1.807, 2.05) is 24.3 Å². The van der Waals surface area contributed by atoms with Crippen LogP contribution in [0, 0.1) is 5.92 Å².